The Bertz CT molecular complexity index is 662. The van der Waals surface area contributed by atoms with E-state index in [1.807, 2.05) is 0 Å². The lowest BCUT2D eigenvalue weighted by Crippen LogP contribution is -2.23. The van der Waals surface area contributed by atoms with Crippen LogP contribution in [0.5, 0.6) is 5.75 Å². The highest BCUT2D eigenvalue weighted by atomic mass is 79.9. The van der Waals surface area contributed by atoms with Gasteiger partial charge in [0.25, 0.3) is 5.91 Å². The molecule has 0 bridgehead atoms. The van der Waals surface area contributed by atoms with Crippen molar-refractivity contribution in [1.29, 1.82) is 0 Å². The van der Waals surface area contributed by atoms with Gasteiger partial charge in [0, 0.05) is 22.6 Å². The van der Waals surface area contributed by atoms with Crippen LogP contribution in [0, 0.1) is 11.6 Å². The van der Waals surface area contributed by atoms with Crippen LogP contribution >= 0.6 is 15.9 Å². The Hall–Kier alpha value is -1.95. The number of halogens is 3. The molecule has 2 N–H and O–H groups in total. The quantitative estimate of drug-likeness (QED) is 0.899. The summed E-state index contributed by atoms with van der Waals surface area (Å²) in [5.74, 6) is -2.14. The lowest BCUT2D eigenvalue weighted by Gasteiger charge is -2.08. The van der Waals surface area contributed by atoms with E-state index < -0.39 is 17.5 Å². The van der Waals surface area contributed by atoms with Gasteiger partial charge < -0.3 is 10.4 Å². The Morgan fingerprint density at radius 2 is 1.95 bits per heavy atom. The van der Waals surface area contributed by atoms with E-state index in [-0.39, 0.29) is 23.4 Å². The topological polar surface area (TPSA) is 49.3 Å². The van der Waals surface area contributed by atoms with E-state index in [1.54, 1.807) is 6.07 Å². The number of phenols is 1. The molecule has 0 aliphatic carbocycles. The Labute approximate surface area is 122 Å². The molecule has 6 heteroatoms. The fraction of sp³-hybridized carbons (Fsp3) is 0.0714. The van der Waals surface area contributed by atoms with E-state index >= 15 is 0 Å². The molecule has 2 rings (SSSR count). The molecule has 0 aromatic heterocycles. The summed E-state index contributed by atoms with van der Waals surface area (Å²) in [6, 6.07) is 7.54. The van der Waals surface area contributed by atoms with Crippen molar-refractivity contribution in [3.8, 4) is 5.75 Å². The highest BCUT2D eigenvalue weighted by Crippen LogP contribution is 2.22. The van der Waals surface area contributed by atoms with Crippen molar-refractivity contribution < 1.29 is 18.7 Å². The highest BCUT2D eigenvalue weighted by molar-refractivity contribution is 9.10. The molecular weight excluding hydrogens is 332 g/mol. The molecule has 1 amide bonds. The first-order valence-corrected chi connectivity index (χ1v) is 6.47. The molecule has 0 heterocycles. The number of benzene rings is 2. The summed E-state index contributed by atoms with van der Waals surface area (Å²) >= 11 is 3.16. The summed E-state index contributed by atoms with van der Waals surface area (Å²) in [5, 5.41) is 12.1. The SMILES string of the molecule is O=C(NCc1ccc(F)cc1F)c1ccc(Br)cc1O. The maximum Gasteiger partial charge on any atom is 0.255 e. The second kappa shape index (κ2) is 6.00. The molecule has 0 radical (unpaired) electrons. The van der Waals surface area contributed by atoms with Gasteiger partial charge in [0.1, 0.15) is 17.4 Å². The van der Waals surface area contributed by atoms with Crippen LogP contribution in [0.15, 0.2) is 40.9 Å². The molecule has 104 valence electrons. The highest BCUT2D eigenvalue weighted by Gasteiger charge is 2.12. The molecule has 0 saturated heterocycles. The molecule has 0 atom stereocenters. The van der Waals surface area contributed by atoms with Crippen LogP contribution in [-0.4, -0.2) is 11.0 Å². The van der Waals surface area contributed by atoms with Crippen LogP contribution in [-0.2, 0) is 6.54 Å². The maximum atomic E-state index is 13.4. The molecule has 0 spiro atoms. The molecule has 0 saturated carbocycles. The summed E-state index contributed by atoms with van der Waals surface area (Å²) in [6.45, 7) is -0.0968. The Balaban J connectivity index is 2.08. The summed E-state index contributed by atoms with van der Waals surface area (Å²) in [7, 11) is 0. The number of amides is 1. The van der Waals surface area contributed by atoms with E-state index in [0.717, 1.165) is 12.1 Å². The van der Waals surface area contributed by atoms with Gasteiger partial charge >= 0.3 is 0 Å². The Morgan fingerprint density at radius 1 is 1.20 bits per heavy atom. The van der Waals surface area contributed by atoms with E-state index in [1.165, 1.54) is 18.2 Å². The van der Waals surface area contributed by atoms with Gasteiger partial charge in [-0.25, -0.2) is 8.78 Å². The molecule has 0 unspecified atom stereocenters. The Morgan fingerprint density at radius 3 is 2.60 bits per heavy atom. The Kier molecular flexibility index (Phi) is 4.34. The van der Waals surface area contributed by atoms with Crippen molar-refractivity contribution in [2.24, 2.45) is 0 Å². The van der Waals surface area contributed by atoms with Crippen LogP contribution in [0.25, 0.3) is 0 Å². The number of phenolic OH excluding ortho intramolecular Hbond substituents is 1. The van der Waals surface area contributed by atoms with Crippen LogP contribution in [0.4, 0.5) is 8.78 Å². The van der Waals surface area contributed by atoms with Crippen molar-refractivity contribution in [2.75, 3.05) is 0 Å². The summed E-state index contributed by atoms with van der Waals surface area (Å²) in [4.78, 5) is 11.8. The molecule has 20 heavy (non-hydrogen) atoms. The van der Waals surface area contributed by atoms with Gasteiger partial charge in [0.2, 0.25) is 0 Å². The van der Waals surface area contributed by atoms with Gasteiger partial charge in [-0.3, -0.25) is 4.79 Å². The smallest absolute Gasteiger partial charge is 0.255 e. The van der Waals surface area contributed by atoms with Crippen LogP contribution < -0.4 is 5.32 Å². The van der Waals surface area contributed by atoms with Crippen molar-refractivity contribution in [3.63, 3.8) is 0 Å². The lowest BCUT2D eigenvalue weighted by atomic mass is 10.1. The molecule has 3 nitrogen and oxygen atoms in total. The fourth-order valence-electron chi connectivity index (χ4n) is 1.63. The predicted molar refractivity (Wildman–Crippen MR) is 73.3 cm³/mol. The van der Waals surface area contributed by atoms with Crippen molar-refractivity contribution in [2.45, 2.75) is 6.54 Å². The first-order valence-electron chi connectivity index (χ1n) is 5.68. The zero-order chi connectivity index (χ0) is 14.7. The van der Waals surface area contributed by atoms with Gasteiger partial charge in [0.15, 0.2) is 0 Å². The minimum atomic E-state index is -0.731. The average molecular weight is 342 g/mol. The fourth-order valence-corrected chi connectivity index (χ4v) is 1.98. The number of aromatic hydroxyl groups is 1. The third kappa shape index (κ3) is 3.33. The summed E-state index contributed by atoms with van der Waals surface area (Å²) < 4.78 is 26.8. The maximum absolute atomic E-state index is 13.4. The molecular formula is C14H10BrF2NO2. The van der Waals surface area contributed by atoms with Gasteiger partial charge in [-0.1, -0.05) is 22.0 Å². The number of hydrogen-bond acceptors (Lipinski definition) is 2. The zero-order valence-corrected chi connectivity index (χ0v) is 11.7. The molecule has 2 aromatic carbocycles. The average Bonchev–Trinajstić information content (AvgIpc) is 2.37. The first kappa shape index (κ1) is 14.5. The van der Waals surface area contributed by atoms with Gasteiger partial charge in [-0.2, -0.15) is 0 Å². The van der Waals surface area contributed by atoms with Gasteiger partial charge in [-0.05, 0) is 24.3 Å². The lowest BCUT2D eigenvalue weighted by molar-refractivity contribution is 0.0948. The van der Waals surface area contributed by atoms with E-state index in [4.69, 9.17) is 0 Å². The van der Waals surface area contributed by atoms with Crippen LogP contribution in [0.3, 0.4) is 0 Å². The summed E-state index contributed by atoms with van der Waals surface area (Å²) in [6.07, 6.45) is 0. The monoisotopic (exact) mass is 341 g/mol. The van der Waals surface area contributed by atoms with Crippen LogP contribution in [0.2, 0.25) is 0 Å². The summed E-state index contributed by atoms with van der Waals surface area (Å²) in [5.41, 5.74) is 0.243. The number of hydrogen-bond donors (Lipinski definition) is 2. The number of nitrogens with one attached hydrogen (secondary N) is 1. The standard InChI is InChI=1S/C14H10BrF2NO2/c15-9-2-4-11(13(19)5-9)14(20)18-7-8-1-3-10(16)6-12(8)17/h1-6,19H,7H2,(H,18,20). The largest absolute Gasteiger partial charge is 0.507 e. The minimum absolute atomic E-state index is 0.0794. The van der Waals surface area contributed by atoms with E-state index in [2.05, 4.69) is 21.2 Å². The van der Waals surface area contributed by atoms with E-state index in [9.17, 15) is 18.7 Å². The van der Waals surface area contributed by atoms with Crippen LogP contribution in [0.1, 0.15) is 15.9 Å². The van der Waals surface area contributed by atoms with Crippen molar-refractivity contribution >= 4 is 21.8 Å². The first-order chi connectivity index (χ1) is 9.47. The van der Waals surface area contributed by atoms with E-state index in [0.29, 0.717) is 4.47 Å². The van der Waals surface area contributed by atoms with Gasteiger partial charge in [-0.15, -0.1) is 0 Å². The third-order valence-corrected chi connectivity index (χ3v) is 3.15. The third-order valence-electron chi connectivity index (χ3n) is 2.66. The second-order valence-corrected chi connectivity index (χ2v) is 5.00. The molecule has 0 aliphatic rings. The van der Waals surface area contributed by atoms with Gasteiger partial charge in [0.05, 0.1) is 5.56 Å². The minimum Gasteiger partial charge on any atom is -0.507 e. The molecule has 0 fully saturated rings. The number of rotatable bonds is 3. The second-order valence-electron chi connectivity index (χ2n) is 4.08. The molecule has 0 aliphatic heterocycles. The molecule has 2 aromatic rings. The predicted octanol–water partition coefficient (Wildman–Crippen LogP) is 3.36. The number of carbonyl (C=O) groups excluding carboxylic acids is 1. The normalized spacial score (nSPS) is 10.3. The zero-order valence-electron chi connectivity index (χ0n) is 10.2. The number of carbonyl (C=O) groups is 1. The van der Waals surface area contributed by atoms with Crippen molar-refractivity contribution in [1.82, 2.24) is 5.32 Å². The van der Waals surface area contributed by atoms with Crippen molar-refractivity contribution in [3.05, 3.63) is 63.6 Å².